The number of rotatable bonds is 10. The van der Waals surface area contributed by atoms with E-state index in [9.17, 15) is 14.4 Å². The van der Waals surface area contributed by atoms with E-state index in [1.165, 1.54) is 0 Å². The molecule has 1 aliphatic carbocycles. The van der Waals surface area contributed by atoms with Crippen LogP contribution in [0.25, 0.3) is 0 Å². The van der Waals surface area contributed by atoms with Crippen molar-refractivity contribution in [2.24, 2.45) is 5.92 Å². The zero-order valence-electron chi connectivity index (χ0n) is 19.4. The van der Waals surface area contributed by atoms with Crippen molar-refractivity contribution < 1.29 is 19.1 Å². The van der Waals surface area contributed by atoms with Gasteiger partial charge in [-0.25, -0.2) is 0 Å². The molecule has 2 amide bonds. The molecule has 1 fully saturated rings. The number of nitrogens with zero attached hydrogens (tertiary/aromatic N) is 1. The summed E-state index contributed by atoms with van der Waals surface area (Å²) in [4.78, 5) is 38.5. The van der Waals surface area contributed by atoms with Gasteiger partial charge in [0.15, 0.2) is 3.95 Å². The van der Waals surface area contributed by atoms with Crippen LogP contribution >= 0.6 is 23.6 Å². The molecule has 1 saturated carbocycles. The van der Waals surface area contributed by atoms with Crippen molar-refractivity contribution in [2.45, 2.75) is 64.1 Å². The molecular weight excluding hydrogens is 474 g/mol. The second-order valence-corrected chi connectivity index (χ2v) is 10.4. The van der Waals surface area contributed by atoms with Gasteiger partial charge in [0.05, 0.1) is 6.54 Å². The number of esters is 1. The fourth-order valence-corrected chi connectivity index (χ4v) is 4.74. The van der Waals surface area contributed by atoms with Crippen molar-refractivity contribution in [3.05, 3.63) is 39.8 Å². The first-order valence-corrected chi connectivity index (χ1v) is 12.6. The van der Waals surface area contributed by atoms with Crippen LogP contribution in [0.3, 0.4) is 0 Å². The molecule has 1 unspecified atom stereocenters. The lowest BCUT2D eigenvalue weighted by molar-refractivity contribution is -0.155. The number of hydrogen-bond donors (Lipinski definition) is 4. The Kier molecular flexibility index (Phi) is 9.31. The van der Waals surface area contributed by atoms with Gasteiger partial charge in [0.25, 0.3) is 0 Å². The molecule has 1 aliphatic rings. The fraction of sp³-hybridized carbons (Fsp3) is 0.522. The SMILES string of the molecule is CC(C)C(NC(=O)CNC1(C(=O)OCc2ccccc2)CCCCC1)C(=O)Nc1n[nH]c(=S)s1. The predicted molar refractivity (Wildman–Crippen MR) is 133 cm³/mol. The molecule has 0 aliphatic heterocycles. The van der Waals surface area contributed by atoms with E-state index in [0.717, 1.165) is 36.2 Å². The molecule has 1 aromatic carbocycles. The predicted octanol–water partition coefficient (Wildman–Crippen LogP) is 3.32. The molecule has 0 saturated heterocycles. The molecule has 1 aromatic heterocycles. The molecule has 0 bridgehead atoms. The molecule has 2 aromatic rings. The van der Waals surface area contributed by atoms with E-state index in [0.29, 0.717) is 21.9 Å². The molecule has 3 rings (SSSR count). The molecule has 34 heavy (non-hydrogen) atoms. The van der Waals surface area contributed by atoms with E-state index in [1.807, 2.05) is 44.2 Å². The van der Waals surface area contributed by atoms with Gasteiger partial charge in [0.2, 0.25) is 16.9 Å². The van der Waals surface area contributed by atoms with Crippen molar-refractivity contribution >= 4 is 46.5 Å². The number of carbonyl (C=O) groups is 3. The minimum absolute atomic E-state index is 0.0989. The second-order valence-electron chi connectivity index (χ2n) is 8.75. The number of H-pyrrole nitrogens is 1. The highest BCUT2D eigenvalue weighted by Crippen LogP contribution is 2.29. The molecular formula is C23H31N5O4S2. The summed E-state index contributed by atoms with van der Waals surface area (Å²) < 4.78 is 6.06. The third kappa shape index (κ3) is 7.18. The summed E-state index contributed by atoms with van der Waals surface area (Å²) in [6, 6.07) is 8.73. The number of hydrogen-bond acceptors (Lipinski definition) is 8. The Morgan fingerprint density at radius 2 is 1.88 bits per heavy atom. The van der Waals surface area contributed by atoms with E-state index in [-0.39, 0.29) is 36.9 Å². The average Bonchev–Trinajstić information content (AvgIpc) is 3.24. The van der Waals surface area contributed by atoms with Gasteiger partial charge in [-0.15, -0.1) is 5.10 Å². The van der Waals surface area contributed by atoms with E-state index in [4.69, 9.17) is 17.0 Å². The lowest BCUT2D eigenvalue weighted by atomic mass is 9.81. The summed E-state index contributed by atoms with van der Waals surface area (Å²) in [6.45, 7) is 3.77. The molecule has 0 radical (unpaired) electrons. The molecule has 11 heteroatoms. The van der Waals surface area contributed by atoms with E-state index in [1.54, 1.807) is 0 Å². The lowest BCUT2D eigenvalue weighted by Crippen LogP contribution is -2.58. The Hall–Kier alpha value is -2.63. The maximum absolute atomic E-state index is 13.1. The van der Waals surface area contributed by atoms with E-state index < -0.39 is 11.6 Å². The van der Waals surface area contributed by atoms with Crippen LogP contribution in [-0.4, -0.2) is 46.1 Å². The minimum atomic E-state index is -0.906. The van der Waals surface area contributed by atoms with Crippen molar-refractivity contribution in [2.75, 3.05) is 11.9 Å². The van der Waals surface area contributed by atoms with Crippen LogP contribution in [-0.2, 0) is 25.7 Å². The third-order valence-corrected chi connectivity index (χ3v) is 6.84. The van der Waals surface area contributed by atoms with Gasteiger partial charge in [0, 0.05) is 0 Å². The quantitative estimate of drug-likeness (QED) is 0.288. The third-order valence-electron chi connectivity index (χ3n) is 5.83. The van der Waals surface area contributed by atoms with Gasteiger partial charge < -0.3 is 10.1 Å². The fourth-order valence-electron chi connectivity index (χ4n) is 3.95. The summed E-state index contributed by atoms with van der Waals surface area (Å²) in [7, 11) is 0. The highest BCUT2D eigenvalue weighted by molar-refractivity contribution is 7.73. The lowest BCUT2D eigenvalue weighted by Gasteiger charge is -2.36. The Morgan fingerprint density at radius 1 is 1.18 bits per heavy atom. The molecule has 4 N–H and O–H groups in total. The van der Waals surface area contributed by atoms with Crippen molar-refractivity contribution in [3.63, 3.8) is 0 Å². The molecule has 1 heterocycles. The van der Waals surface area contributed by atoms with Crippen molar-refractivity contribution in [3.8, 4) is 0 Å². The minimum Gasteiger partial charge on any atom is -0.459 e. The first kappa shape index (κ1) is 26.0. The molecule has 0 spiro atoms. The number of carbonyl (C=O) groups excluding carboxylic acids is 3. The van der Waals surface area contributed by atoms with Gasteiger partial charge in [-0.2, -0.15) is 0 Å². The van der Waals surface area contributed by atoms with E-state index in [2.05, 4.69) is 26.1 Å². The standard InChI is InChI=1S/C23H31N5O4S2/c1-15(2)18(19(30)26-21-27-28-22(33)34-21)25-17(29)13-24-23(11-7-4-8-12-23)20(31)32-14-16-9-5-3-6-10-16/h3,5-6,9-10,15,18,24H,4,7-8,11-14H2,1-2H3,(H,25,29)(H,28,33)(H,26,27,30). The molecule has 184 valence electrons. The van der Waals surface area contributed by atoms with Crippen LogP contribution in [0.4, 0.5) is 5.13 Å². The normalized spacial score (nSPS) is 16.0. The summed E-state index contributed by atoms with van der Waals surface area (Å²) in [5.41, 5.74) is 0.00243. The number of anilines is 1. The first-order valence-electron chi connectivity index (χ1n) is 11.4. The summed E-state index contributed by atoms with van der Waals surface area (Å²) >= 11 is 6.12. The Bertz CT molecular complexity index is 1030. The number of ether oxygens (including phenoxy) is 1. The van der Waals surface area contributed by atoms with Gasteiger partial charge in [-0.3, -0.25) is 30.1 Å². The number of aromatic nitrogens is 2. The smallest absolute Gasteiger partial charge is 0.326 e. The Labute approximate surface area is 208 Å². The summed E-state index contributed by atoms with van der Waals surface area (Å²) in [5.74, 6) is -1.25. The van der Waals surface area contributed by atoms with Gasteiger partial charge >= 0.3 is 5.97 Å². The van der Waals surface area contributed by atoms with Crippen molar-refractivity contribution in [1.29, 1.82) is 0 Å². The first-order chi connectivity index (χ1) is 16.3. The van der Waals surface area contributed by atoms with E-state index >= 15 is 0 Å². The highest BCUT2D eigenvalue weighted by atomic mass is 32.1. The zero-order chi connectivity index (χ0) is 24.6. The number of aromatic amines is 1. The summed E-state index contributed by atoms with van der Waals surface area (Å²) in [5, 5.41) is 15.5. The molecule has 1 atom stereocenters. The highest BCUT2D eigenvalue weighted by Gasteiger charge is 2.41. The maximum Gasteiger partial charge on any atom is 0.326 e. The van der Waals surface area contributed by atoms with Crippen LogP contribution < -0.4 is 16.0 Å². The van der Waals surface area contributed by atoms with Gasteiger partial charge in [-0.1, -0.05) is 74.8 Å². The van der Waals surface area contributed by atoms with Crippen LogP contribution in [0.5, 0.6) is 0 Å². The number of amides is 2. The largest absolute Gasteiger partial charge is 0.459 e. The van der Waals surface area contributed by atoms with Crippen molar-refractivity contribution in [1.82, 2.24) is 20.8 Å². The summed E-state index contributed by atoms with van der Waals surface area (Å²) in [6.07, 6.45) is 4.00. The Morgan fingerprint density at radius 3 is 2.50 bits per heavy atom. The average molecular weight is 506 g/mol. The van der Waals surface area contributed by atoms with Crippen LogP contribution in [0, 0.1) is 9.87 Å². The second kappa shape index (κ2) is 12.2. The zero-order valence-corrected chi connectivity index (χ0v) is 21.0. The Balaban J connectivity index is 1.58. The maximum atomic E-state index is 13.1. The monoisotopic (exact) mass is 505 g/mol. The van der Waals surface area contributed by atoms with Crippen LogP contribution in [0.15, 0.2) is 30.3 Å². The topological polar surface area (TPSA) is 125 Å². The van der Waals surface area contributed by atoms with Crippen LogP contribution in [0.2, 0.25) is 0 Å². The van der Waals surface area contributed by atoms with Gasteiger partial charge in [-0.05, 0) is 36.5 Å². The van der Waals surface area contributed by atoms with Crippen LogP contribution in [0.1, 0.15) is 51.5 Å². The van der Waals surface area contributed by atoms with Gasteiger partial charge in [0.1, 0.15) is 18.2 Å². The number of benzene rings is 1. The molecule has 9 nitrogen and oxygen atoms in total. The number of nitrogens with one attached hydrogen (secondary N) is 4.